The number of nitrogens with one attached hydrogen (secondary N) is 1. The van der Waals surface area contributed by atoms with Crippen molar-refractivity contribution in [2.24, 2.45) is 5.73 Å². The average Bonchev–Trinajstić information content (AvgIpc) is 2.95. The van der Waals surface area contributed by atoms with Gasteiger partial charge >= 0.3 is 0 Å². The van der Waals surface area contributed by atoms with Gasteiger partial charge in [0, 0.05) is 23.7 Å². The van der Waals surface area contributed by atoms with E-state index in [9.17, 15) is 8.42 Å². The van der Waals surface area contributed by atoms with Gasteiger partial charge in [-0.1, -0.05) is 6.07 Å². The van der Waals surface area contributed by atoms with Crippen LogP contribution in [0.3, 0.4) is 0 Å². The zero-order valence-corrected chi connectivity index (χ0v) is 14.6. The average molecular weight is 377 g/mol. The van der Waals surface area contributed by atoms with E-state index >= 15 is 0 Å². The third kappa shape index (κ3) is 3.84. The zero-order chi connectivity index (χ0) is 15.6. The molecule has 118 valence electrons. The Hall–Kier alpha value is -0.470. The predicted molar refractivity (Wildman–Crippen MR) is 85.5 cm³/mol. The van der Waals surface area contributed by atoms with E-state index in [4.69, 9.17) is 10.5 Å². The highest BCUT2D eigenvalue weighted by Crippen LogP contribution is 2.28. The van der Waals surface area contributed by atoms with Crippen LogP contribution >= 0.6 is 15.9 Å². The second-order valence-electron chi connectivity index (χ2n) is 5.39. The van der Waals surface area contributed by atoms with E-state index in [2.05, 4.69) is 20.7 Å². The number of benzene rings is 1. The molecule has 1 aliphatic rings. The largest absolute Gasteiger partial charge is 0.377 e. The lowest BCUT2D eigenvalue weighted by molar-refractivity contribution is 0.0902. The van der Waals surface area contributed by atoms with Crippen LogP contribution in [0.4, 0.5) is 0 Å². The fourth-order valence-corrected chi connectivity index (χ4v) is 4.84. The number of halogens is 1. The Labute approximate surface area is 134 Å². The van der Waals surface area contributed by atoms with E-state index in [-0.39, 0.29) is 17.0 Å². The monoisotopic (exact) mass is 376 g/mol. The van der Waals surface area contributed by atoms with Crippen molar-refractivity contribution in [1.29, 1.82) is 0 Å². The van der Waals surface area contributed by atoms with Crippen LogP contribution in [-0.4, -0.2) is 27.2 Å². The summed E-state index contributed by atoms with van der Waals surface area (Å²) in [7, 11) is -3.62. The second kappa shape index (κ2) is 6.75. The maximum absolute atomic E-state index is 12.6. The normalized spacial score (nSPS) is 20.7. The molecule has 3 N–H and O–H groups in total. The minimum atomic E-state index is -3.62. The van der Waals surface area contributed by atoms with Crippen LogP contribution in [0.15, 0.2) is 21.5 Å². The Bertz CT molecular complexity index is 613. The van der Waals surface area contributed by atoms with Gasteiger partial charge in [0.2, 0.25) is 10.0 Å². The molecule has 2 atom stereocenters. The molecule has 0 radical (unpaired) electrons. The SMILES string of the molecule is Cc1cc(CN)cc(S(=O)(=O)NC(C)C2CCCO2)c1Br. The topological polar surface area (TPSA) is 81.4 Å². The van der Waals surface area contributed by atoms with Crippen molar-refractivity contribution in [3.05, 3.63) is 27.7 Å². The quantitative estimate of drug-likeness (QED) is 0.823. The van der Waals surface area contributed by atoms with Gasteiger partial charge in [0.15, 0.2) is 0 Å². The molecular weight excluding hydrogens is 356 g/mol. The second-order valence-corrected chi connectivity index (χ2v) is 7.87. The lowest BCUT2D eigenvalue weighted by atomic mass is 10.1. The predicted octanol–water partition coefficient (Wildman–Crippen LogP) is 2.06. The van der Waals surface area contributed by atoms with Gasteiger partial charge in [0.05, 0.1) is 11.0 Å². The van der Waals surface area contributed by atoms with E-state index in [0.717, 1.165) is 24.0 Å². The molecule has 1 heterocycles. The summed E-state index contributed by atoms with van der Waals surface area (Å²) < 4.78 is 34.0. The van der Waals surface area contributed by atoms with Crippen molar-refractivity contribution in [2.45, 2.75) is 50.3 Å². The Morgan fingerprint density at radius 2 is 2.24 bits per heavy atom. The number of aryl methyl sites for hydroxylation is 1. The highest BCUT2D eigenvalue weighted by Gasteiger charge is 2.28. The first kappa shape index (κ1) is 16.9. The molecule has 7 heteroatoms. The molecule has 1 fully saturated rings. The summed E-state index contributed by atoms with van der Waals surface area (Å²) in [5, 5.41) is 0. The number of rotatable bonds is 5. The van der Waals surface area contributed by atoms with E-state index in [1.807, 2.05) is 19.9 Å². The van der Waals surface area contributed by atoms with Gasteiger partial charge in [-0.3, -0.25) is 0 Å². The molecule has 0 saturated carbocycles. The number of ether oxygens (including phenoxy) is 1. The van der Waals surface area contributed by atoms with Gasteiger partial charge in [-0.2, -0.15) is 0 Å². The first-order chi connectivity index (χ1) is 9.85. The number of hydrogen-bond acceptors (Lipinski definition) is 4. The lowest BCUT2D eigenvalue weighted by Gasteiger charge is -2.21. The van der Waals surface area contributed by atoms with Crippen molar-refractivity contribution in [3.63, 3.8) is 0 Å². The van der Waals surface area contributed by atoms with Gasteiger partial charge in [-0.05, 0) is 59.8 Å². The fourth-order valence-electron chi connectivity index (χ4n) is 2.50. The van der Waals surface area contributed by atoms with Gasteiger partial charge < -0.3 is 10.5 Å². The van der Waals surface area contributed by atoms with Crippen LogP contribution in [0.25, 0.3) is 0 Å². The Kier molecular flexibility index (Phi) is 5.43. The molecule has 1 aromatic carbocycles. The molecule has 5 nitrogen and oxygen atoms in total. The molecule has 1 saturated heterocycles. The van der Waals surface area contributed by atoms with Gasteiger partial charge in [-0.15, -0.1) is 0 Å². The van der Waals surface area contributed by atoms with Crippen molar-refractivity contribution in [3.8, 4) is 0 Å². The smallest absolute Gasteiger partial charge is 0.242 e. The van der Waals surface area contributed by atoms with Crippen LogP contribution in [-0.2, 0) is 21.3 Å². The Morgan fingerprint density at radius 1 is 1.52 bits per heavy atom. The molecule has 2 rings (SSSR count). The van der Waals surface area contributed by atoms with Crippen molar-refractivity contribution < 1.29 is 13.2 Å². The first-order valence-electron chi connectivity index (χ1n) is 6.98. The summed E-state index contributed by atoms with van der Waals surface area (Å²) in [4.78, 5) is 0.229. The molecule has 2 unspecified atom stereocenters. The van der Waals surface area contributed by atoms with Crippen LogP contribution in [0.1, 0.15) is 30.9 Å². The summed E-state index contributed by atoms with van der Waals surface area (Å²) in [5.74, 6) is 0. The van der Waals surface area contributed by atoms with E-state index < -0.39 is 10.0 Å². The van der Waals surface area contributed by atoms with Crippen LogP contribution < -0.4 is 10.5 Å². The number of hydrogen-bond donors (Lipinski definition) is 2. The molecule has 0 aromatic heterocycles. The highest BCUT2D eigenvalue weighted by molar-refractivity contribution is 9.10. The summed E-state index contributed by atoms with van der Waals surface area (Å²) >= 11 is 3.36. The van der Waals surface area contributed by atoms with Crippen molar-refractivity contribution >= 4 is 26.0 Å². The van der Waals surface area contributed by atoms with Gasteiger partial charge in [0.25, 0.3) is 0 Å². The molecule has 0 aliphatic carbocycles. The zero-order valence-electron chi connectivity index (χ0n) is 12.2. The third-order valence-electron chi connectivity index (χ3n) is 3.67. The highest BCUT2D eigenvalue weighted by atomic mass is 79.9. The van der Waals surface area contributed by atoms with Crippen LogP contribution in [0.5, 0.6) is 0 Å². The van der Waals surface area contributed by atoms with E-state index in [1.165, 1.54) is 0 Å². The Balaban J connectivity index is 2.28. The standard InChI is InChI=1S/C14H21BrN2O3S/c1-9-6-11(8-16)7-13(14(9)15)21(18,19)17-10(2)12-4-3-5-20-12/h6-7,10,12,17H,3-5,8,16H2,1-2H3. The van der Waals surface area contributed by atoms with Crippen molar-refractivity contribution in [1.82, 2.24) is 4.72 Å². The van der Waals surface area contributed by atoms with E-state index in [0.29, 0.717) is 17.6 Å². The summed E-state index contributed by atoms with van der Waals surface area (Å²) in [6.45, 7) is 4.69. The van der Waals surface area contributed by atoms with Gasteiger partial charge in [-0.25, -0.2) is 13.1 Å². The molecule has 0 amide bonds. The molecule has 21 heavy (non-hydrogen) atoms. The molecule has 1 aliphatic heterocycles. The minimum Gasteiger partial charge on any atom is -0.377 e. The van der Waals surface area contributed by atoms with Crippen LogP contribution in [0, 0.1) is 6.92 Å². The molecule has 1 aromatic rings. The third-order valence-corrected chi connectivity index (χ3v) is 6.57. The first-order valence-corrected chi connectivity index (χ1v) is 9.26. The van der Waals surface area contributed by atoms with E-state index in [1.54, 1.807) is 6.07 Å². The summed E-state index contributed by atoms with van der Waals surface area (Å²) in [6.07, 6.45) is 1.80. The minimum absolute atomic E-state index is 0.0580. The molecular formula is C14H21BrN2O3S. The van der Waals surface area contributed by atoms with Crippen LogP contribution in [0.2, 0.25) is 0 Å². The summed E-state index contributed by atoms with van der Waals surface area (Å²) in [6, 6.07) is 3.24. The van der Waals surface area contributed by atoms with Gasteiger partial charge in [0.1, 0.15) is 0 Å². The maximum Gasteiger partial charge on any atom is 0.242 e. The fraction of sp³-hybridized carbons (Fsp3) is 0.571. The summed E-state index contributed by atoms with van der Waals surface area (Å²) in [5.41, 5.74) is 7.27. The Morgan fingerprint density at radius 3 is 2.81 bits per heavy atom. The maximum atomic E-state index is 12.6. The molecule has 0 bridgehead atoms. The lowest BCUT2D eigenvalue weighted by Crippen LogP contribution is -2.40. The van der Waals surface area contributed by atoms with Crippen molar-refractivity contribution in [2.75, 3.05) is 6.61 Å². The number of sulfonamides is 1. The molecule has 0 spiro atoms. The number of nitrogens with two attached hydrogens (primary N) is 1.